The van der Waals surface area contributed by atoms with Crippen molar-refractivity contribution in [2.45, 2.75) is 6.61 Å². The Kier molecular flexibility index (Phi) is 4.24. The molecule has 24 heavy (non-hydrogen) atoms. The van der Waals surface area contributed by atoms with Gasteiger partial charge in [-0.25, -0.2) is 8.78 Å². The first-order chi connectivity index (χ1) is 11.5. The van der Waals surface area contributed by atoms with E-state index in [9.17, 15) is 13.6 Å². The lowest BCUT2D eigenvalue weighted by atomic mass is 10.1. The summed E-state index contributed by atoms with van der Waals surface area (Å²) in [6.07, 6.45) is 0. The topological polar surface area (TPSA) is 78.4 Å². The first-order valence-corrected chi connectivity index (χ1v) is 6.96. The number of halogens is 2. The summed E-state index contributed by atoms with van der Waals surface area (Å²) >= 11 is 0. The minimum absolute atomic E-state index is 0.0265. The molecule has 0 saturated carbocycles. The van der Waals surface area contributed by atoms with E-state index in [1.165, 1.54) is 18.2 Å². The van der Waals surface area contributed by atoms with Crippen LogP contribution in [-0.2, 0) is 6.61 Å². The predicted octanol–water partition coefficient (Wildman–Crippen LogP) is 3.30. The molecular weight excluding hydrogens is 318 g/mol. The van der Waals surface area contributed by atoms with Gasteiger partial charge in [-0.15, -0.1) is 0 Å². The van der Waals surface area contributed by atoms with Gasteiger partial charge in [-0.1, -0.05) is 5.16 Å². The molecule has 5 nitrogen and oxygen atoms in total. The molecule has 2 N–H and O–H groups in total. The number of nitrogens with zero attached hydrogens (tertiary/aromatic N) is 1. The largest absolute Gasteiger partial charge is 0.489 e. The summed E-state index contributed by atoms with van der Waals surface area (Å²) in [6, 6.07) is 11.5. The third-order valence-electron chi connectivity index (χ3n) is 3.31. The van der Waals surface area contributed by atoms with Crippen molar-refractivity contribution in [3.63, 3.8) is 0 Å². The van der Waals surface area contributed by atoms with Crippen molar-refractivity contribution in [1.82, 2.24) is 5.16 Å². The molecule has 0 radical (unpaired) electrons. The Labute approximate surface area is 135 Å². The molecule has 3 aromatic rings. The average molecular weight is 330 g/mol. The van der Waals surface area contributed by atoms with Gasteiger partial charge in [0, 0.05) is 23.3 Å². The zero-order valence-corrected chi connectivity index (χ0v) is 12.3. The highest BCUT2D eigenvalue weighted by Gasteiger charge is 2.11. The van der Waals surface area contributed by atoms with E-state index in [0.29, 0.717) is 17.0 Å². The number of nitrogens with two attached hydrogens (primary N) is 1. The Morgan fingerprint density at radius 3 is 2.50 bits per heavy atom. The molecule has 2 aromatic carbocycles. The summed E-state index contributed by atoms with van der Waals surface area (Å²) in [6.45, 7) is -0.0265. The number of benzene rings is 2. The number of primary amides is 1. The van der Waals surface area contributed by atoms with Crippen LogP contribution < -0.4 is 10.5 Å². The molecule has 0 spiro atoms. The fourth-order valence-corrected chi connectivity index (χ4v) is 2.05. The number of amides is 1. The number of ether oxygens (including phenoxy) is 1. The van der Waals surface area contributed by atoms with Gasteiger partial charge in [-0.2, -0.15) is 0 Å². The summed E-state index contributed by atoms with van der Waals surface area (Å²) in [7, 11) is 0. The van der Waals surface area contributed by atoms with E-state index in [1.807, 2.05) is 0 Å². The molecule has 0 aliphatic heterocycles. The van der Waals surface area contributed by atoms with Crippen LogP contribution in [0.5, 0.6) is 5.75 Å². The van der Waals surface area contributed by atoms with Crippen LogP contribution in [0.3, 0.4) is 0 Å². The number of carbonyl (C=O) groups excluding carboxylic acids is 1. The minimum atomic E-state index is -0.699. The van der Waals surface area contributed by atoms with Gasteiger partial charge in [-0.3, -0.25) is 4.79 Å². The maximum absolute atomic E-state index is 13.5. The van der Waals surface area contributed by atoms with Gasteiger partial charge in [0.25, 0.3) is 5.91 Å². The van der Waals surface area contributed by atoms with Crippen LogP contribution >= 0.6 is 0 Å². The third kappa shape index (κ3) is 3.40. The quantitative estimate of drug-likeness (QED) is 0.778. The molecule has 0 bridgehead atoms. The fraction of sp³-hybridized carbons (Fsp3) is 0.0588. The second kappa shape index (κ2) is 6.49. The molecule has 0 fully saturated rings. The van der Waals surface area contributed by atoms with Gasteiger partial charge in [0.1, 0.15) is 29.7 Å². The monoisotopic (exact) mass is 330 g/mol. The average Bonchev–Trinajstić information content (AvgIpc) is 3.05. The lowest BCUT2D eigenvalue weighted by Gasteiger charge is -2.07. The van der Waals surface area contributed by atoms with Crippen LogP contribution in [0, 0.1) is 11.6 Å². The number of hydrogen-bond acceptors (Lipinski definition) is 4. The summed E-state index contributed by atoms with van der Waals surface area (Å²) in [4.78, 5) is 11.0. The van der Waals surface area contributed by atoms with Crippen molar-refractivity contribution < 1.29 is 22.8 Å². The first-order valence-electron chi connectivity index (χ1n) is 6.96. The number of aromatic nitrogens is 1. The van der Waals surface area contributed by atoms with Crippen molar-refractivity contribution in [2.75, 3.05) is 0 Å². The zero-order valence-electron chi connectivity index (χ0n) is 12.3. The Morgan fingerprint density at radius 1 is 1.12 bits per heavy atom. The molecule has 7 heteroatoms. The third-order valence-corrected chi connectivity index (χ3v) is 3.31. The van der Waals surface area contributed by atoms with Gasteiger partial charge in [0.15, 0.2) is 0 Å². The highest BCUT2D eigenvalue weighted by Crippen LogP contribution is 2.23. The van der Waals surface area contributed by atoms with Crippen molar-refractivity contribution in [3.8, 4) is 17.0 Å². The molecule has 0 unspecified atom stereocenters. The zero-order chi connectivity index (χ0) is 17.1. The van der Waals surface area contributed by atoms with E-state index in [2.05, 4.69) is 5.16 Å². The van der Waals surface area contributed by atoms with E-state index in [-0.39, 0.29) is 17.9 Å². The van der Waals surface area contributed by atoms with E-state index in [1.54, 1.807) is 24.3 Å². The van der Waals surface area contributed by atoms with Gasteiger partial charge in [0.2, 0.25) is 5.76 Å². The molecular formula is C17H12F2N2O3. The highest BCUT2D eigenvalue weighted by atomic mass is 19.1. The van der Waals surface area contributed by atoms with Crippen molar-refractivity contribution in [3.05, 3.63) is 71.5 Å². The number of hydrogen-bond donors (Lipinski definition) is 1. The Bertz CT molecular complexity index is 876. The number of rotatable bonds is 5. The number of carbonyl (C=O) groups is 1. The maximum Gasteiger partial charge on any atom is 0.287 e. The van der Waals surface area contributed by atoms with Gasteiger partial charge in [0.05, 0.1) is 0 Å². The lowest BCUT2D eigenvalue weighted by molar-refractivity contribution is 0.0965. The van der Waals surface area contributed by atoms with E-state index < -0.39 is 17.5 Å². The van der Waals surface area contributed by atoms with E-state index in [0.717, 1.165) is 6.07 Å². The second-order valence-electron chi connectivity index (χ2n) is 4.99. The van der Waals surface area contributed by atoms with Gasteiger partial charge < -0.3 is 15.0 Å². The predicted molar refractivity (Wildman–Crippen MR) is 81.1 cm³/mol. The fourth-order valence-electron chi connectivity index (χ4n) is 2.05. The van der Waals surface area contributed by atoms with E-state index >= 15 is 0 Å². The summed E-state index contributed by atoms with van der Waals surface area (Å²) in [5, 5.41) is 3.75. The van der Waals surface area contributed by atoms with Gasteiger partial charge in [-0.05, 0) is 36.4 Å². The molecule has 1 amide bonds. The summed E-state index contributed by atoms with van der Waals surface area (Å²) in [5.41, 5.74) is 6.51. The van der Waals surface area contributed by atoms with Crippen molar-refractivity contribution in [2.24, 2.45) is 5.73 Å². The Balaban J connectivity index is 1.69. The lowest BCUT2D eigenvalue weighted by Crippen LogP contribution is -2.09. The van der Waals surface area contributed by atoms with Crippen LogP contribution in [0.2, 0.25) is 0 Å². The standard InChI is InChI=1S/C17H12F2N2O3/c18-12-4-1-11(14(19)7-12)9-23-13-5-2-10(3-6-13)15-8-16(17(20)22)24-21-15/h1-8H,9H2,(H2,20,22). The van der Waals surface area contributed by atoms with Gasteiger partial charge >= 0.3 is 0 Å². The molecule has 1 aromatic heterocycles. The summed E-state index contributed by atoms with van der Waals surface area (Å²) < 4.78 is 36.7. The molecule has 0 saturated heterocycles. The first kappa shape index (κ1) is 15.7. The van der Waals surface area contributed by atoms with Crippen LogP contribution in [0.15, 0.2) is 53.1 Å². The molecule has 1 heterocycles. The molecule has 0 aliphatic carbocycles. The normalized spacial score (nSPS) is 10.6. The molecule has 0 atom stereocenters. The molecule has 3 rings (SSSR count). The van der Waals surface area contributed by atoms with Crippen LogP contribution in [0.4, 0.5) is 8.78 Å². The summed E-state index contributed by atoms with van der Waals surface area (Å²) in [5.74, 6) is -1.52. The minimum Gasteiger partial charge on any atom is -0.489 e. The smallest absolute Gasteiger partial charge is 0.287 e. The molecule has 0 aliphatic rings. The van der Waals surface area contributed by atoms with Crippen LogP contribution in [-0.4, -0.2) is 11.1 Å². The highest BCUT2D eigenvalue weighted by molar-refractivity contribution is 5.90. The SMILES string of the molecule is NC(=O)c1cc(-c2ccc(OCc3ccc(F)cc3F)cc2)no1. The van der Waals surface area contributed by atoms with Crippen molar-refractivity contribution >= 4 is 5.91 Å². The second-order valence-corrected chi connectivity index (χ2v) is 4.99. The van der Waals surface area contributed by atoms with Crippen LogP contribution in [0.25, 0.3) is 11.3 Å². The maximum atomic E-state index is 13.5. The molecule has 122 valence electrons. The van der Waals surface area contributed by atoms with E-state index in [4.69, 9.17) is 15.0 Å². The van der Waals surface area contributed by atoms with Crippen LogP contribution in [0.1, 0.15) is 16.1 Å². The Morgan fingerprint density at radius 2 is 1.88 bits per heavy atom. The van der Waals surface area contributed by atoms with Crippen molar-refractivity contribution in [1.29, 1.82) is 0 Å². The Hall–Kier alpha value is -3.22.